The summed E-state index contributed by atoms with van der Waals surface area (Å²) in [5.74, 6) is 1.06. The Morgan fingerprint density at radius 2 is 2.25 bits per heavy atom. The van der Waals surface area contributed by atoms with E-state index in [-0.39, 0.29) is 0 Å². The molecule has 0 saturated heterocycles. The van der Waals surface area contributed by atoms with Gasteiger partial charge in [0, 0.05) is 6.07 Å². The van der Waals surface area contributed by atoms with E-state index in [1.165, 1.54) is 7.11 Å². The highest BCUT2D eigenvalue weighted by Crippen LogP contribution is 2.22. The number of carbonyl (C=O) groups is 1. The minimum Gasteiger partial charge on any atom is -0.496 e. The highest BCUT2D eigenvalue weighted by atomic mass is 16.5. The van der Waals surface area contributed by atoms with Gasteiger partial charge in [0.15, 0.2) is 6.29 Å². The van der Waals surface area contributed by atoms with Crippen LogP contribution in [-0.2, 0) is 0 Å². The minimum atomic E-state index is 0.492. The third kappa shape index (κ3) is 1.56. The summed E-state index contributed by atoms with van der Waals surface area (Å²) in [4.78, 5) is 10.4. The highest BCUT2D eigenvalue weighted by Gasteiger charge is 2.02. The van der Waals surface area contributed by atoms with Gasteiger partial charge in [0.1, 0.15) is 18.6 Å². The molecule has 0 amide bonds. The second kappa shape index (κ2) is 3.76. The lowest BCUT2D eigenvalue weighted by atomic mass is 10.2. The van der Waals surface area contributed by atoms with Crippen LogP contribution >= 0.6 is 0 Å². The van der Waals surface area contributed by atoms with Crippen LogP contribution in [0.3, 0.4) is 0 Å². The molecule has 3 heteroatoms. The number of hydrogen-bond acceptors (Lipinski definition) is 3. The van der Waals surface area contributed by atoms with Crippen LogP contribution in [0.25, 0.3) is 0 Å². The summed E-state index contributed by atoms with van der Waals surface area (Å²) < 4.78 is 9.65. The summed E-state index contributed by atoms with van der Waals surface area (Å²) in [5.41, 5.74) is 0.498. The van der Waals surface area contributed by atoms with E-state index in [0.29, 0.717) is 17.1 Å². The van der Waals surface area contributed by atoms with Crippen molar-refractivity contribution in [2.45, 2.75) is 0 Å². The maximum absolute atomic E-state index is 10.4. The molecule has 0 fully saturated rings. The van der Waals surface area contributed by atoms with Crippen molar-refractivity contribution in [3.05, 3.63) is 30.9 Å². The third-order valence-electron chi connectivity index (χ3n) is 1.50. The molecule has 0 unspecified atom stereocenters. The van der Waals surface area contributed by atoms with Crippen LogP contribution in [0.4, 0.5) is 0 Å². The van der Waals surface area contributed by atoms with Crippen LogP contribution in [0, 0.1) is 7.11 Å². The van der Waals surface area contributed by atoms with Crippen molar-refractivity contribution in [2.24, 2.45) is 0 Å². The number of aldehydes is 1. The van der Waals surface area contributed by atoms with Crippen molar-refractivity contribution in [1.29, 1.82) is 0 Å². The van der Waals surface area contributed by atoms with Gasteiger partial charge in [-0.25, -0.2) is 0 Å². The molecule has 1 aromatic rings. The van der Waals surface area contributed by atoms with Crippen molar-refractivity contribution in [1.82, 2.24) is 0 Å². The fourth-order valence-electron chi connectivity index (χ4n) is 0.879. The zero-order chi connectivity index (χ0) is 8.97. The fourth-order valence-corrected chi connectivity index (χ4v) is 0.879. The van der Waals surface area contributed by atoms with Gasteiger partial charge in [-0.3, -0.25) is 4.79 Å². The van der Waals surface area contributed by atoms with E-state index in [4.69, 9.17) is 9.47 Å². The molecule has 0 aliphatic rings. The molecule has 0 saturated carbocycles. The minimum absolute atomic E-state index is 0.492. The maximum atomic E-state index is 10.4. The van der Waals surface area contributed by atoms with Gasteiger partial charge in [-0.15, -0.1) is 0 Å². The zero-order valence-corrected chi connectivity index (χ0v) is 6.74. The van der Waals surface area contributed by atoms with Crippen LogP contribution in [0.15, 0.2) is 18.2 Å². The van der Waals surface area contributed by atoms with Crippen molar-refractivity contribution in [2.75, 3.05) is 7.11 Å². The first-order valence-electron chi connectivity index (χ1n) is 3.37. The number of carbonyl (C=O) groups excluding carboxylic acids is 1. The summed E-state index contributed by atoms with van der Waals surface area (Å²) in [5, 5.41) is 0. The van der Waals surface area contributed by atoms with Gasteiger partial charge >= 0.3 is 0 Å². The average molecular weight is 165 g/mol. The molecule has 0 heterocycles. The zero-order valence-electron chi connectivity index (χ0n) is 6.74. The summed E-state index contributed by atoms with van der Waals surface area (Å²) in [7, 11) is 4.74. The van der Waals surface area contributed by atoms with Gasteiger partial charge in [-0.05, 0) is 12.1 Å². The predicted molar refractivity (Wildman–Crippen MR) is 44.4 cm³/mol. The number of benzene rings is 1. The lowest BCUT2D eigenvalue weighted by molar-refractivity contribution is 0.112. The Balaban J connectivity index is 3.10. The maximum Gasteiger partial charge on any atom is 0.153 e. The Morgan fingerprint density at radius 3 is 2.75 bits per heavy atom. The molecule has 0 spiro atoms. The number of methoxy groups -OCH3 is 1. The molecule has 0 aliphatic carbocycles. The Hall–Kier alpha value is -1.51. The van der Waals surface area contributed by atoms with Crippen molar-refractivity contribution in [3.8, 4) is 11.5 Å². The van der Waals surface area contributed by atoms with Crippen LogP contribution in [-0.4, -0.2) is 13.4 Å². The molecule has 63 valence electrons. The van der Waals surface area contributed by atoms with Crippen molar-refractivity contribution >= 4 is 6.29 Å². The molecule has 0 aromatic heterocycles. The molecule has 12 heavy (non-hydrogen) atoms. The molecule has 0 bridgehead atoms. The standard InChI is InChI=1S/C9H9O3/c1-11-8-4-3-7(6-10)9(5-8)12-2/h3-6H,1H2,2H3. The smallest absolute Gasteiger partial charge is 0.153 e. The Kier molecular flexibility index (Phi) is 2.69. The largest absolute Gasteiger partial charge is 0.496 e. The summed E-state index contributed by atoms with van der Waals surface area (Å²) >= 11 is 0. The van der Waals surface area contributed by atoms with Gasteiger partial charge in [0.2, 0.25) is 0 Å². The molecule has 1 radical (unpaired) electrons. The Labute approximate surface area is 70.9 Å². The number of rotatable bonds is 3. The first kappa shape index (κ1) is 8.59. The fraction of sp³-hybridized carbons (Fsp3) is 0.111. The molecule has 0 N–H and O–H groups in total. The summed E-state index contributed by atoms with van der Waals surface area (Å²) in [6.45, 7) is 0. The predicted octanol–water partition coefficient (Wildman–Crippen LogP) is 1.68. The lowest BCUT2D eigenvalue weighted by Gasteiger charge is -2.04. The van der Waals surface area contributed by atoms with Crippen LogP contribution in [0.5, 0.6) is 11.5 Å². The highest BCUT2D eigenvalue weighted by molar-refractivity contribution is 5.79. The topological polar surface area (TPSA) is 35.5 Å². The van der Waals surface area contributed by atoms with E-state index in [2.05, 4.69) is 7.11 Å². The Bertz CT molecular complexity index is 281. The Morgan fingerprint density at radius 1 is 1.50 bits per heavy atom. The van der Waals surface area contributed by atoms with E-state index >= 15 is 0 Å². The molecule has 1 rings (SSSR count). The second-order valence-corrected chi connectivity index (χ2v) is 2.17. The van der Waals surface area contributed by atoms with Gasteiger partial charge < -0.3 is 9.47 Å². The van der Waals surface area contributed by atoms with E-state index in [9.17, 15) is 4.79 Å². The molecule has 3 nitrogen and oxygen atoms in total. The van der Waals surface area contributed by atoms with E-state index in [0.717, 1.165) is 6.29 Å². The van der Waals surface area contributed by atoms with E-state index < -0.39 is 0 Å². The molecular weight excluding hydrogens is 156 g/mol. The van der Waals surface area contributed by atoms with Crippen molar-refractivity contribution < 1.29 is 14.3 Å². The normalized spacial score (nSPS) is 9.17. The lowest BCUT2D eigenvalue weighted by Crippen LogP contribution is -1.90. The summed E-state index contributed by atoms with van der Waals surface area (Å²) in [6, 6.07) is 4.88. The van der Waals surface area contributed by atoms with E-state index in [1.807, 2.05) is 0 Å². The average Bonchev–Trinajstić information content (AvgIpc) is 2.16. The monoisotopic (exact) mass is 165 g/mol. The van der Waals surface area contributed by atoms with Gasteiger partial charge in [-0.2, -0.15) is 0 Å². The first-order chi connectivity index (χ1) is 5.81. The van der Waals surface area contributed by atoms with Crippen LogP contribution in [0.2, 0.25) is 0 Å². The quantitative estimate of drug-likeness (QED) is 0.639. The third-order valence-corrected chi connectivity index (χ3v) is 1.50. The number of hydrogen-bond donors (Lipinski definition) is 0. The van der Waals surface area contributed by atoms with Crippen molar-refractivity contribution in [3.63, 3.8) is 0 Å². The molecule has 0 atom stereocenters. The number of ether oxygens (including phenoxy) is 2. The van der Waals surface area contributed by atoms with Crippen LogP contribution in [0.1, 0.15) is 10.4 Å². The van der Waals surface area contributed by atoms with E-state index in [1.54, 1.807) is 18.2 Å². The SMILES string of the molecule is [CH2]Oc1ccc(C=O)c(OC)c1. The summed E-state index contributed by atoms with van der Waals surface area (Å²) in [6.07, 6.45) is 0.728. The first-order valence-corrected chi connectivity index (χ1v) is 3.37. The van der Waals surface area contributed by atoms with Crippen LogP contribution < -0.4 is 9.47 Å². The molecular formula is C9H9O3. The van der Waals surface area contributed by atoms with Gasteiger partial charge in [-0.1, -0.05) is 0 Å². The van der Waals surface area contributed by atoms with Gasteiger partial charge in [0.25, 0.3) is 0 Å². The second-order valence-electron chi connectivity index (χ2n) is 2.17. The molecule has 1 aromatic carbocycles. The molecule has 0 aliphatic heterocycles. The van der Waals surface area contributed by atoms with Gasteiger partial charge in [0.05, 0.1) is 12.7 Å².